The number of benzene rings is 1. The van der Waals surface area contributed by atoms with Crippen molar-refractivity contribution >= 4 is 23.2 Å². The standard InChI is InChI=1S/C30H43N9O4/c1-35-13-15-36(16-14-35)22-8-7-20(17-24(22)42-2)32-30-31-18-21-27(34-30)39-25-10-9-23-28(33-25)37(26(40)19-43-23)11-5-3-4-6-12-38(39)29(21)41/h7-8,17,21,23,25,27-28,30-34H,3,5,9-16,18-19H2,1-2H3. The van der Waals surface area contributed by atoms with Crippen LogP contribution in [-0.2, 0) is 14.3 Å². The Hall–Kier alpha value is -3.12. The quantitative estimate of drug-likeness (QED) is 0.336. The second kappa shape index (κ2) is 12.1. The Morgan fingerprint density at radius 3 is 2.74 bits per heavy atom. The summed E-state index contributed by atoms with van der Waals surface area (Å²) in [5, 5.41) is 18.4. The van der Waals surface area contributed by atoms with Gasteiger partial charge >= 0.3 is 0 Å². The van der Waals surface area contributed by atoms with E-state index in [4.69, 9.17) is 9.47 Å². The lowest BCUT2D eigenvalue weighted by molar-refractivity contribution is -0.176. The maximum Gasteiger partial charge on any atom is 0.249 e. The van der Waals surface area contributed by atoms with E-state index in [1.165, 1.54) is 0 Å². The molecule has 1 aromatic carbocycles. The normalized spacial score (nSPS) is 33.5. The van der Waals surface area contributed by atoms with Crippen LogP contribution in [0.3, 0.4) is 0 Å². The predicted octanol–water partition coefficient (Wildman–Crippen LogP) is -0.603. The first-order chi connectivity index (χ1) is 21.0. The maximum atomic E-state index is 13.7. The first-order valence-electron chi connectivity index (χ1n) is 15.6. The Kier molecular flexibility index (Phi) is 8.06. The number of nitrogens with one attached hydrogen (secondary N) is 4. The summed E-state index contributed by atoms with van der Waals surface area (Å²) in [6, 6.07) is 6.25. The van der Waals surface area contributed by atoms with E-state index in [2.05, 4.69) is 67.1 Å². The molecule has 0 saturated carbocycles. The molecule has 13 heteroatoms. The summed E-state index contributed by atoms with van der Waals surface area (Å²) in [6.45, 7) is 5.63. The minimum absolute atomic E-state index is 0.00461. The molecule has 6 atom stereocenters. The molecule has 5 fully saturated rings. The zero-order valence-corrected chi connectivity index (χ0v) is 25.1. The van der Waals surface area contributed by atoms with Gasteiger partial charge in [-0.25, -0.2) is 0 Å². The van der Waals surface area contributed by atoms with Gasteiger partial charge in [-0.3, -0.25) is 30.5 Å². The van der Waals surface area contributed by atoms with Gasteiger partial charge in [0, 0.05) is 57.4 Å². The van der Waals surface area contributed by atoms with Gasteiger partial charge in [0.2, 0.25) is 11.8 Å². The fraction of sp³-hybridized carbons (Fsp3) is 0.667. The molecule has 0 aliphatic carbocycles. The molecule has 6 aliphatic rings. The molecule has 6 aliphatic heterocycles. The lowest BCUT2D eigenvalue weighted by Crippen LogP contribution is -2.72. The molecule has 13 nitrogen and oxygen atoms in total. The lowest BCUT2D eigenvalue weighted by atomic mass is 9.99. The number of rotatable bonds is 4. The van der Waals surface area contributed by atoms with Crippen LogP contribution in [0.4, 0.5) is 11.4 Å². The van der Waals surface area contributed by atoms with E-state index in [9.17, 15) is 9.59 Å². The molecule has 4 N–H and O–H groups in total. The number of amides is 2. The highest BCUT2D eigenvalue weighted by Gasteiger charge is 2.53. The number of piperazine rings is 1. The summed E-state index contributed by atoms with van der Waals surface area (Å²) in [4.78, 5) is 33.2. The third-order valence-corrected chi connectivity index (χ3v) is 9.62. The van der Waals surface area contributed by atoms with Gasteiger partial charge in [-0.05, 0) is 38.4 Å². The highest BCUT2D eigenvalue weighted by Crippen LogP contribution is 2.35. The van der Waals surface area contributed by atoms with Crippen LogP contribution in [0.2, 0.25) is 0 Å². The third-order valence-electron chi connectivity index (χ3n) is 9.62. The Morgan fingerprint density at radius 1 is 1.05 bits per heavy atom. The second-order valence-corrected chi connectivity index (χ2v) is 12.3. The smallest absolute Gasteiger partial charge is 0.249 e. The summed E-state index contributed by atoms with van der Waals surface area (Å²) in [5.41, 5.74) is 2.02. The van der Waals surface area contributed by atoms with E-state index in [0.29, 0.717) is 26.1 Å². The summed E-state index contributed by atoms with van der Waals surface area (Å²) >= 11 is 0. The molecule has 232 valence electrons. The van der Waals surface area contributed by atoms with Crippen molar-refractivity contribution in [1.29, 1.82) is 0 Å². The van der Waals surface area contributed by atoms with Gasteiger partial charge in [-0.1, -0.05) is 5.92 Å². The third kappa shape index (κ3) is 5.52. The van der Waals surface area contributed by atoms with Crippen LogP contribution in [0, 0.1) is 17.8 Å². The van der Waals surface area contributed by atoms with Crippen molar-refractivity contribution in [2.45, 2.75) is 56.6 Å². The minimum atomic E-state index is -0.270. The first kappa shape index (κ1) is 28.6. The molecular formula is C30H43N9O4. The van der Waals surface area contributed by atoms with Crippen molar-refractivity contribution in [2.75, 3.05) is 76.8 Å². The first-order valence-corrected chi connectivity index (χ1v) is 15.6. The summed E-state index contributed by atoms with van der Waals surface area (Å²) in [6.07, 6.45) is 2.16. The van der Waals surface area contributed by atoms with Crippen LogP contribution < -0.4 is 30.9 Å². The molecule has 0 aromatic heterocycles. The Bertz CT molecular complexity index is 1280. The number of hydrazine groups is 1. The Labute approximate surface area is 253 Å². The molecule has 6 unspecified atom stereocenters. The van der Waals surface area contributed by atoms with Crippen LogP contribution in [0.5, 0.6) is 5.75 Å². The van der Waals surface area contributed by atoms with Gasteiger partial charge in [0.05, 0.1) is 43.7 Å². The number of fused-ring (bicyclic) bond motifs is 5. The molecule has 6 heterocycles. The summed E-state index contributed by atoms with van der Waals surface area (Å²) in [7, 11) is 3.87. The summed E-state index contributed by atoms with van der Waals surface area (Å²) < 4.78 is 11.7. The lowest BCUT2D eigenvalue weighted by Gasteiger charge is -2.50. The van der Waals surface area contributed by atoms with Crippen molar-refractivity contribution in [1.82, 2.24) is 35.8 Å². The number of likely N-dealkylation sites (N-methyl/N-ethyl adjacent to an activating group) is 1. The van der Waals surface area contributed by atoms with Crippen LogP contribution in [0.15, 0.2) is 18.2 Å². The van der Waals surface area contributed by atoms with Crippen molar-refractivity contribution in [3.05, 3.63) is 18.2 Å². The van der Waals surface area contributed by atoms with E-state index in [1.807, 2.05) is 16.0 Å². The van der Waals surface area contributed by atoms with Crippen LogP contribution >= 0.6 is 0 Å². The number of hydrogen-bond donors (Lipinski definition) is 4. The van der Waals surface area contributed by atoms with E-state index in [-0.39, 0.29) is 55.2 Å². The zero-order valence-electron chi connectivity index (χ0n) is 25.1. The number of morpholine rings is 1. The Morgan fingerprint density at radius 2 is 1.91 bits per heavy atom. The number of anilines is 2. The molecule has 7 rings (SSSR count). The number of ether oxygens (including phenoxy) is 2. The molecule has 43 heavy (non-hydrogen) atoms. The number of carbonyl (C=O) groups is 2. The van der Waals surface area contributed by atoms with E-state index < -0.39 is 0 Å². The highest BCUT2D eigenvalue weighted by molar-refractivity contribution is 5.82. The van der Waals surface area contributed by atoms with Crippen LogP contribution in [0.25, 0.3) is 0 Å². The zero-order chi connectivity index (χ0) is 29.5. The fourth-order valence-electron chi connectivity index (χ4n) is 7.28. The van der Waals surface area contributed by atoms with E-state index in [0.717, 1.165) is 62.6 Å². The Balaban J connectivity index is 1.10. The average Bonchev–Trinajstić information content (AvgIpc) is 3.29. The summed E-state index contributed by atoms with van der Waals surface area (Å²) in [5.74, 6) is 7.09. The number of nitrogens with zero attached hydrogens (tertiary/aromatic N) is 5. The van der Waals surface area contributed by atoms with Crippen molar-refractivity contribution in [3.63, 3.8) is 0 Å². The molecular weight excluding hydrogens is 550 g/mol. The predicted molar refractivity (Wildman–Crippen MR) is 160 cm³/mol. The highest BCUT2D eigenvalue weighted by atomic mass is 16.5. The monoisotopic (exact) mass is 593 g/mol. The second-order valence-electron chi connectivity index (χ2n) is 12.3. The SMILES string of the molecule is COc1cc(NC2NCC3C(=O)N4CC#CCCCN5C(=O)COC6CCC(NC65)N4C3N2)ccc1N1CCN(C)CC1. The molecule has 5 saturated heterocycles. The number of methoxy groups -OCH3 is 1. The van der Waals surface area contributed by atoms with Gasteiger partial charge in [0.15, 0.2) is 0 Å². The number of carbonyl (C=O) groups excluding carboxylic acids is 2. The van der Waals surface area contributed by atoms with Crippen molar-refractivity contribution in [2.24, 2.45) is 5.92 Å². The van der Waals surface area contributed by atoms with Gasteiger partial charge in [0.1, 0.15) is 24.8 Å². The minimum Gasteiger partial charge on any atom is -0.495 e. The van der Waals surface area contributed by atoms with E-state index >= 15 is 0 Å². The average molecular weight is 594 g/mol. The maximum absolute atomic E-state index is 13.7. The van der Waals surface area contributed by atoms with Gasteiger partial charge in [-0.2, -0.15) is 5.01 Å². The van der Waals surface area contributed by atoms with Crippen molar-refractivity contribution in [3.8, 4) is 17.6 Å². The van der Waals surface area contributed by atoms with Gasteiger partial charge in [0.25, 0.3) is 0 Å². The van der Waals surface area contributed by atoms with Gasteiger partial charge < -0.3 is 29.5 Å². The van der Waals surface area contributed by atoms with Crippen LogP contribution in [0.1, 0.15) is 25.7 Å². The molecule has 2 bridgehead atoms. The van der Waals surface area contributed by atoms with Crippen molar-refractivity contribution < 1.29 is 19.1 Å². The molecule has 2 amide bonds. The molecule has 0 radical (unpaired) electrons. The number of hydrogen-bond acceptors (Lipinski definition) is 11. The van der Waals surface area contributed by atoms with Crippen LogP contribution in [-0.4, -0.2) is 129 Å². The molecule has 1 aromatic rings. The number of piperidine rings is 1. The van der Waals surface area contributed by atoms with E-state index in [1.54, 1.807) is 7.11 Å². The topological polar surface area (TPSA) is 117 Å². The molecule has 0 spiro atoms. The largest absolute Gasteiger partial charge is 0.495 e. The fourth-order valence-corrected chi connectivity index (χ4v) is 7.28. The van der Waals surface area contributed by atoms with Gasteiger partial charge in [-0.15, -0.1) is 5.92 Å².